The molecular formula is C19H24N2O3S. The minimum Gasteiger partial charge on any atom is -0.507 e. The van der Waals surface area contributed by atoms with Gasteiger partial charge < -0.3 is 5.11 Å². The van der Waals surface area contributed by atoms with Gasteiger partial charge in [0.2, 0.25) is 0 Å². The van der Waals surface area contributed by atoms with E-state index in [4.69, 9.17) is 0 Å². The molecule has 1 amide bonds. The van der Waals surface area contributed by atoms with Crippen molar-refractivity contribution in [2.75, 3.05) is 0 Å². The maximum absolute atomic E-state index is 12.5. The van der Waals surface area contributed by atoms with E-state index in [-0.39, 0.29) is 16.9 Å². The monoisotopic (exact) mass is 360 g/mol. The Kier molecular flexibility index (Phi) is 5.95. The lowest BCUT2D eigenvalue weighted by Gasteiger charge is -2.19. The Morgan fingerprint density at radius 2 is 2.08 bits per heavy atom. The van der Waals surface area contributed by atoms with Gasteiger partial charge in [0.1, 0.15) is 16.7 Å². The van der Waals surface area contributed by atoms with Gasteiger partial charge in [0.05, 0.1) is 5.56 Å². The lowest BCUT2D eigenvalue weighted by Crippen LogP contribution is -2.18. The topological polar surface area (TPSA) is 71.7 Å². The molecule has 134 valence electrons. The van der Waals surface area contributed by atoms with Gasteiger partial charge in [-0.3, -0.25) is 13.5 Å². The number of benzene rings is 1. The molecule has 6 heteroatoms. The molecule has 2 aromatic rings. The van der Waals surface area contributed by atoms with Crippen molar-refractivity contribution in [3.05, 3.63) is 45.8 Å². The van der Waals surface area contributed by atoms with E-state index in [9.17, 15) is 14.7 Å². The maximum Gasteiger partial charge on any atom is 0.282 e. The first-order valence-electron chi connectivity index (χ1n) is 8.36. The van der Waals surface area contributed by atoms with Crippen molar-refractivity contribution in [2.45, 2.75) is 52.5 Å². The Morgan fingerprint density at radius 3 is 2.68 bits per heavy atom. The van der Waals surface area contributed by atoms with Gasteiger partial charge in [-0.15, -0.1) is 0 Å². The summed E-state index contributed by atoms with van der Waals surface area (Å²) in [5, 5.41) is 9.93. The van der Waals surface area contributed by atoms with Gasteiger partial charge in [-0.1, -0.05) is 13.3 Å². The SMILES string of the molecule is CCCCc1cn(C(C)(C)C)sc1=NC(=O)c1cc(C=O)ccc1O. The summed E-state index contributed by atoms with van der Waals surface area (Å²) in [4.78, 5) is 27.7. The smallest absolute Gasteiger partial charge is 0.282 e. The zero-order chi connectivity index (χ0) is 18.6. The molecule has 1 heterocycles. The molecule has 0 radical (unpaired) electrons. The molecule has 5 nitrogen and oxygen atoms in total. The fourth-order valence-corrected chi connectivity index (χ4v) is 3.32. The van der Waals surface area contributed by atoms with E-state index in [0.717, 1.165) is 24.8 Å². The highest BCUT2D eigenvalue weighted by Gasteiger charge is 2.17. The van der Waals surface area contributed by atoms with E-state index in [1.165, 1.54) is 29.7 Å². The molecule has 1 aromatic carbocycles. The minimum atomic E-state index is -0.540. The quantitative estimate of drug-likeness (QED) is 0.822. The minimum absolute atomic E-state index is 0.0433. The number of hydrogen-bond donors (Lipinski definition) is 1. The first-order chi connectivity index (χ1) is 11.8. The Hall–Kier alpha value is -2.21. The summed E-state index contributed by atoms with van der Waals surface area (Å²) in [5.41, 5.74) is 1.31. The van der Waals surface area contributed by atoms with E-state index < -0.39 is 5.91 Å². The van der Waals surface area contributed by atoms with E-state index in [2.05, 4.69) is 36.6 Å². The second-order valence-corrected chi connectivity index (χ2v) is 7.93. The van der Waals surface area contributed by atoms with Crippen molar-refractivity contribution in [1.29, 1.82) is 0 Å². The van der Waals surface area contributed by atoms with Crippen LogP contribution < -0.4 is 4.67 Å². The number of aryl methyl sites for hydroxylation is 1. The molecule has 1 aromatic heterocycles. The number of aromatic hydroxyl groups is 1. The van der Waals surface area contributed by atoms with Gasteiger partial charge in [0.15, 0.2) is 0 Å². The van der Waals surface area contributed by atoms with Crippen molar-refractivity contribution >= 4 is 23.7 Å². The van der Waals surface area contributed by atoms with Gasteiger partial charge in [0, 0.05) is 22.9 Å². The summed E-state index contributed by atoms with van der Waals surface area (Å²) in [6.45, 7) is 8.41. The first kappa shape index (κ1) is 19.1. The number of hydrogen-bond acceptors (Lipinski definition) is 4. The molecule has 0 saturated heterocycles. The number of unbranched alkanes of at least 4 members (excludes halogenated alkanes) is 1. The highest BCUT2D eigenvalue weighted by atomic mass is 32.1. The third-order valence-corrected chi connectivity index (χ3v) is 5.16. The molecular weight excluding hydrogens is 336 g/mol. The van der Waals surface area contributed by atoms with Crippen molar-refractivity contribution in [3.63, 3.8) is 0 Å². The maximum atomic E-state index is 12.5. The zero-order valence-electron chi connectivity index (χ0n) is 15.1. The molecule has 1 N–H and O–H groups in total. The molecule has 0 aliphatic heterocycles. The highest BCUT2D eigenvalue weighted by molar-refractivity contribution is 7.04. The molecule has 0 aliphatic carbocycles. The van der Waals surface area contributed by atoms with Crippen LogP contribution in [0.2, 0.25) is 0 Å². The zero-order valence-corrected chi connectivity index (χ0v) is 15.9. The van der Waals surface area contributed by atoms with E-state index in [1.54, 1.807) is 0 Å². The van der Waals surface area contributed by atoms with E-state index in [0.29, 0.717) is 16.5 Å². The fourth-order valence-electron chi connectivity index (χ4n) is 2.29. The number of aldehydes is 1. The number of nitrogens with zero attached hydrogens (tertiary/aromatic N) is 2. The highest BCUT2D eigenvalue weighted by Crippen LogP contribution is 2.20. The van der Waals surface area contributed by atoms with Gasteiger partial charge in [-0.25, -0.2) is 0 Å². The van der Waals surface area contributed by atoms with Crippen molar-refractivity contribution in [1.82, 2.24) is 3.96 Å². The van der Waals surface area contributed by atoms with Crippen LogP contribution in [0.5, 0.6) is 5.75 Å². The molecule has 25 heavy (non-hydrogen) atoms. The Morgan fingerprint density at radius 1 is 1.36 bits per heavy atom. The summed E-state index contributed by atoms with van der Waals surface area (Å²) in [6, 6.07) is 4.17. The standard InChI is InChI=1S/C19H24N2O3S/c1-5-6-7-14-11-21(19(2,3)4)25-18(14)20-17(24)15-10-13(12-22)8-9-16(15)23/h8-12,23H,5-7H2,1-4H3. The number of rotatable bonds is 5. The largest absolute Gasteiger partial charge is 0.507 e. The van der Waals surface area contributed by atoms with Gasteiger partial charge in [-0.05, 0) is 63.3 Å². The molecule has 0 bridgehead atoms. The second kappa shape index (κ2) is 7.78. The van der Waals surface area contributed by atoms with Crippen molar-refractivity contribution < 1.29 is 14.7 Å². The number of amides is 1. The molecule has 0 atom stereocenters. The van der Waals surface area contributed by atoms with Crippen LogP contribution in [-0.4, -0.2) is 21.3 Å². The molecule has 0 aliphatic rings. The molecule has 0 saturated carbocycles. The summed E-state index contributed by atoms with van der Waals surface area (Å²) in [6.07, 6.45) is 5.61. The molecule has 0 spiro atoms. The van der Waals surface area contributed by atoms with Crippen LogP contribution in [0.1, 0.15) is 66.8 Å². The van der Waals surface area contributed by atoms with Crippen LogP contribution in [0, 0.1) is 0 Å². The molecule has 0 unspecified atom stereocenters. The number of phenolic OH excluding ortho intramolecular Hbond substituents is 1. The number of aromatic nitrogens is 1. The lowest BCUT2D eigenvalue weighted by molar-refractivity contribution is 0.0996. The van der Waals surface area contributed by atoms with Crippen LogP contribution in [0.3, 0.4) is 0 Å². The van der Waals surface area contributed by atoms with Crippen LogP contribution in [0.4, 0.5) is 0 Å². The van der Waals surface area contributed by atoms with Crippen LogP contribution in [-0.2, 0) is 12.0 Å². The van der Waals surface area contributed by atoms with Gasteiger partial charge in [-0.2, -0.15) is 4.99 Å². The van der Waals surface area contributed by atoms with Crippen molar-refractivity contribution in [2.24, 2.45) is 4.99 Å². The number of phenols is 1. The first-order valence-corrected chi connectivity index (χ1v) is 9.13. The summed E-state index contributed by atoms with van der Waals surface area (Å²) in [5.74, 6) is -0.712. The molecule has 2 rings (SSSR count). The summed E-state index contributed by atoms with van der Waals surface area (Å²) >= 11 is 1.43. The van der Waals surface area contributed by atoms with E-state index in [1.807, 2.05) is 6.20 Å². The Balaban J connectivity index is 2.50. The average molecular weight is 360 g/mol. The summed E-state index contributed by atoms with van der Waals surface area (Å²) in [7, 11) is 0. The number of carbonyl (C=O) groups excluding carboxylic acids is 2. The van der Waals surface area contributed by atoms with E-state index >= 15 is 0 Å². The summed E-state index contributed by atoms with van der Waals surface area (Å²) < 4.78 is 2.75. The predicted molar refractivity (Wildman–Crippen MR) is 99.3 cm³/mol. The Labute approximate surface area is 151 Å². The van der Waals surface area contributed by atoms with Crippen LogP contribution in [0.15, 0.2) is 29.4 Å². The Bertz CT molecular complexity index is 841. The fraction of sp³-hybridized carbons (Fsp3) is 0.421. The predicted octanol–water partition coefficient (Wildman–Crippen LogP) is 3.91. The third-order valence-electron chi connectivity index (χ3n) is 3.78. The number of carbonyl (C=O) groups is 2. The van der Waals surface area contributed by atoms with Crippen LogP contribution >= 0.6 is 11.5 Å². The van der Waals surface area contributed by atoms with Crippen LogP contribution in [0.25, 0.3) is 0 Å². The average Bonchev–Trinajstić information content (AvgIpc) is 2.96. The normalized spacial score (nSPS) is 12.4. The van der Waals surface area contributed by atoms with Gasteiger partial charge >= 0.3 is 0 Å². The molecule has 0 fully saturated rings. The second-order valence-electron chi connectivity index (χ2n) is 6.96. The lowest BCUT2D eigenvalue weighted by atomic mass is 10.1. The van der Waals surface area contributed by atoms with Crippen molar-refractivity contribution in [3.8, 4) is 5.75 Å². The van der Waals surface area contributed by atoms with Gasteiger partial charge in [0.25, 0.3) is 5.91 Å². The third kappa shape index (κ3) is 4.66.